The number of ether oxygens (including phenoxy) is 3. The Hall–Kier alpha value is -4.97. The number of allylic oxidation sites excluding steroid dienone is 26. The molecule has 0 fully saturated rings. The molecule has 6 heteroatoms. The van der Waals surface area contributed by atoms with Crippen LogP contribution in [-0.2, 0) is 28.6 Å². The zero-order valence-corrected chi connectivity index (χ0v) is 48.7. The molecule has 0 heterocycles. The maximum absolute atomic E-state index is 12.8. The van der Waals surface area contributed by atoms with Gasteiger partial charge in [-0.15, -0.1) is 0 Å². The van der Waals surface area contributed by atoms with Crippen molar-refractivity contribution in [2.45, 2.75) is 252 Å². The molecule has 0 rings (SSSR count). The van der Waals surface area contributed by atoms with Gasteiger partial charge in [-0.1, -0.05) is 249 Å². The van der Waals surface area contributed by atoms with E-state index in [2.05, 4.69) is 167 Å². The van der Waals surface area contributed by atoms with Crippen molar-refractivity contribution in [3.05, 3.63) is 158 Å². The van der Waals surface area contributed by atoms with Crippen LogP contribution < -0.4 is 0 Å². The second-order valence-corrected chi connectivity index (χ2v) is 19.5. The van der Waals surface area contributed by atoms with Gasteiger partial charge < -0.3 is 14.2 Å². The SMILES string of the molecule is CC/C=C\C/C=C\C/C=C\C/C=C\C/C=C\C/C=C\C/C=C\C/C=C\CCCCCCCCCCC(=O)OCC(COC(=O)CCCCCCC/C=C\CCCCC)OC(=O)CC/C=C\C/C=C\C/C=C\C/C=C\CC. The third-order valence-electron chi connectivity index (χ3n) is 12.3. The van der Waals surface area contributed by atoms with Crippen LogP contribution in [-0.4, -0.2) is 37.2 Å². The van der Waals surface area contributed by atoms with Gasteiger partial charge in [-0.05, 0) is 135 Å². The van der Waals surface area contributed by atoms with E-state index in [-0.39, 0.29) is 31.6 Å². The van der Waals surface area contributed by atoms with Gasteiger partial charge in [0.15, 0.2) is 6.10 Å². The van der Waals surface area contributed by atoms with Crippen LogP contribution in [0, 0.1) is 0 Å². The Kier molecular flexibility index (Phi) is 58.5. The standard InChI is InChI=1S/C70H110O6/c1-4-7-10-13-16-19-22-25-26-27-28-29-30-31-32-33-34-35-36-37-38-39-40-41-42-43-44-46-48-51-54-57-60-63-69(72)75-66-67(65-74-68(71)62-59-56-53-50-47-24-21-18-15-12-9-6-3)76-70(73)64-61-58-55-52-49-45-23-20-17-14-11-8-5-2/h7-8,10-11,16-21,25-26,28-29,31-32,34-35,37-38,40-41,45,49,55,58,67H,4-6,9,12-15,22-24,27,30,33,36,39,42-44,46-48,50-54,56-57,59-66H2,1-3H3/b10-7-,11-8-,19-16-,20-17-,21-18-,26-25-,29-28-,32-31-,35-34-,38-37-,41-40-,49-45-,58-55-. The summed E-state index contributed by atoms with van der Waals surface area (Å²) in [6.07, 6.45) is 91.2. The number of hydrogen-bond donors (Lipinski definition) is 0. The summed E-state index contributed by atoms with van der Waals surface area (Å²) in [4.78, 5) is 38.1. The fourth-order valence-electron chi connectivity index (χ4n) is 7.76. The minimum absolute atomic E-state index is 0.119. The lowest BCUT2D eigenvalue weighted by molar-refractivity contribution is -0.166. The number of rotatable bonds is 53. The van der Waals surface area contributed by atoms with Crippen molar-refractivity contribution in [1.82, 2.24) is 0 Å². The molecule has 0 radical (unpaired) electrons. The van der Waals surface area contributed by atoms with Gasteiger partial charge >= 0.3 is 17.9 Å². The largest absolute Gasteiger partial charge is 0.462 e. The molecule has 0 aliphatic heterocycles. The average molecular weight is 1050 g/mol. The van der Waals surface area contributed by atoms with Gasteiger partial charge in [-0.25, -0.2) is 0 Å². The maximum atomic E-state index is 12.8. The summed E-state index contributed by atoms with van der Waals surface area (Å²) in [5.41, 5.74) is 0. The Balaban J connectivity index is 4.29. The first-order chi connectivity index (χ1) is 37.5. The van der Waals surface area contributed by atoms with Crippen LogP contribution in [0.3, 0.4) is 0 Å². The molecule has 0 aliphatic carbocycles. The van der Waals surface area contributed by atoms with Gasteiger partial charge in [-0.3, -0.25) is 14.4 Å². The first-order valence-corrected chi connectivity index (χ1v) is 30.5. The van der Waals surface area contributed by atoms with Crippen molar-refractivity contribution in [3.8, 4) is 0 Å². The Morgan fingerprint density at radius 2 is 0.539 bits per heavy atom. The second kappa shape index (κ2) is 62.6. The summed E-state index contributed by atoms with van der Waals surface area (Å²) < 4.78 is 16.7. The summed E-state index contributed by atoms with van der Waals surface area (Å²) in [6.45, 7) is 6.29. The topological polar surface area (TPSA) is 78.9 Å². The quantitative estimate of drug-likeness (QED) is 0.0261. The van der Waals surface area contributed by atoms with Crippen LogP contribution in [0.2, 0.25) is 0 Å². The first-order valence-electron chi connectivity index (χ1n) is 30.5. The zero-order chi connectivity index (χ0) is 55.0. The van der Waals surface area contributed by atoms with Crippen LogP contribution in [0.25, 0.3) is 0 Å². The Morgan fingerprint density at radius 3 is 0.868 bits per heavy atom. The molecule has 76 heavy (non-hydrogen) atoms. The minimum atomic E-state index is -0.829. The fourth-order valence-corrected chi connectivity index (χ4v) is 7.76. The molecule has 0 spiro atoms. The summed E-state index contributed by atoms with van der Waals surface area (Å²) >= 11 is 0. The van der Waals surface area contributed by atoms with Crippen molar-refractivity contribution >= 4 is 17.9 Å². The summed E-state index contributed by atoms with van der Waals surface area (Å²) in [6, 6.07) is 0. The molecule has 0 saturated carbocycles. The van der Waals surface area contributed by atoms with Crippen LogP contribution in [0.15, 0.2) is 158 Å². The maximum Gasteiger partial charge on any atom is 0.306 e. The van der Waals surface area contributed by atoms with Gasteiger partial charge in [-0.2, -0.15) is 0 Å². The van der Waals surface area contributed by atoms with Gasteiger partial charge in [0.2, 0.25) is 0 Å². The van der Waals surface area contributed by atoms with E-state index >= 15 is 0 Å². The zero-order valence-electron chi connectivity index (χ0n) is 48.7. The molecule has 0 aromatic heterocycles. The molecule has 0 aliphatic rings. The average Bonchev–Trinajstić information content (AvgIpc) is 3.42. The normalized spacial score (nSPS) is 13.2. The fraction of sp³-hybridized carbons (Fsp3) is 0.586. The lowest BCUT2D eigenvalue weighted by Gasteiger charge is -2.18. The highest BCUT2D eigenvalue weighted by molar-refractivity contribution is 5.71. The number of unbranched alkanes of at least 4 members (excludes halogenated alkanes) is 16. The number of hydrogen-bond acceptors (Lipinski definition) is 6. The number of esters is 3. The van der Waals surface area contributed by atoms with Crippen molar-refractivity contribution in [3.63, 3.8) is 0 Å². The van der Waals surface area contributed by atoms with E-state index in [0.29, 0.717) is 19.3 Å². The van der Waals surface area contributed by atoms with Crippen LogP contribution in [0.1, 0.15) is 245 Å². The summed E-state index contributed by atoms with van der Waals surface area (Å²) in [5, 5.41) is 0. The molecule has 0 aromatic rings. The number of carbonyl (C=O) groups is 3. The smallest absolute Gasteiger partial charge is 0.306 e. The molecule has 426 valence electrons. The lowest BCUT2D eigenvalue weighted by Crippen LogP contribution is -2.30. The molecule has 1 atom stereocenters. The van der Waals surface area contributed by atoms with Gasteiger partial charge in [0.25, 0.3) is 0 Å². The minimum Gasteiger partial charge on any atom is -0.462 e. The molecular formula is C70H110O6. The first kappa shape index (κ1) is 71.0. The third-order valence-corrected chi connectivity index (χ3v) is 12.3. The number of carbonyl (C=O) groups excluding carboxylic acids is 3. The van der Waals surface area contributed by atoms with Crippen molar-refractivity contribution < 1.29 is 28.6 Å². The summed E-state index contributed by atoms with van der Waals surface area (Å²) in [7, 11) is 0. The van der Waals surface area contributed by atoms with E-state index in [1.165, 1.54) is 64.2 Å². The van der Waals surface area contributed by atoms with Crippen LogP contribution >= 0.6 is 0 Å². The van der Waals surface area contributed by atoms with E-state index in [1.807, 2.05) is 12.2 Å². The molecular weight excluding hydrogens is 937 g/mol. The van der Waals surface area contributed by atoms with Crippen molar-refractivity contribution in [1.29, 1.82) is 0 Å². The molecule has 1 unspecified atom stereocenters. The highest BCUT2D eigenvalue weighted by Gasteiger charge is 2.19. The van der Waals surface area contributed by atoms with E-state index in [0.717, 1.165) is 135 Å². The monoisotopic (exact) mass is 1050 g/mol. The Bertz CT molecular complexity index is 1720. The van der Waals surface area contributed by atoms with E-state index in [4.69, 9.17) is 14.2 Å². The van der Waals surface area contributed by atoms with Gasteiger partial charge in [0.05, 0.1) is 0 Å². The van der Waals surface area contributed by atoms with E-state index in [9.17, 15) is 14.4 Å². The van der Waals surface area contributed by atoms with E-state index in [1.54, 1.807) is 0 Å². The van der Waals surface area contributed by atoms with E-state index < -0.39 is 12.1 Å². The predicted molar refractivity (Wildman–Crippen MR) is 329 cm³/mol. The van der Waals surface area contributed by atoms with Crippen LogP contribution in [0.5, 0.6) is 0 Å². The second-order valence-electron chi connectivity index (χ2n) is 19.5. The Morgan fingerprint density at radius 1 is 0.276 bits per heavy atom. The summed E-state index contributed by atoms with van der Waals surface area (Å²) in [5.74, 6) is -1.03. The van der Waals surface area contributed by atoms with Gasteiger partial charge in [0, 0.05) is 19.3 Å². The lowest BCUT2D eigenvalue weighted by atomic mass is 10.1. The molecule has 0 bridgehead atoms. The van der Waals surface area contributed by atoms with Crippen molar-refractivity contribution in [2.75, 3.05) is 13.2 Å². The molecule has 0 amide bonds. The highest BCUT2D eigenvalue weighted by Crippen LogP contribution is 2.13. The van der Waals surface area contributed by atoms with Crippen LogP contribution in [0.4, 0.5) is 0 Å². The third kappa shape index (κ3) is 59.9. The van der Waals surface area contributed by atoms with Gasteiger partial charge in [0.1, 0.15) is 13.2 Å². The molecule has 0 N–H and O–H groups in total. The molecule has 0 aromatic carbocycles. The molecule has 6 nitrogen and oxygen atoms in total. The molecule has 0 saturated heterocycles. The predicted octanol–water partition coefficient (Wildman–Crippen LogP) is 20.9. The van der Waals surface area contributed by atoms with Crippen molar-refractivity contribution in [2.24, 2.45) is 0 Å². The highest BCUT2D eigenvalue weighted by atomic mass is 16.6. The Labute approximate surface area is 467 Å².